The van der Waals surface area contributed by atoms with E-state index in [4.69, 9.17) is 9.47 Å². The number of hydrogen-bond donors (Lipinski definition) is 1. The van der Waals surface area contributed by atoms with Crippen molar-refractivity contribution in [3.8, 4) is 0 Å². The summed E-state index contributed by atoms with van der Waals surface area (Å²) < 4.78 is 10.4. The highest BCUT2D eigenvalue weighted by Gasteiger charge is 2.58. The van der Waals surface area contributed by atoms with Crippen molar-refractivity contribution >= 4 is 12.1 Å². The highest BCUT2D eigenvalue weighted by molar-refractivity contribution is 5.75. The Labute approximate surface area is 120 Å². The normalized spacial score (nSPS) is 19.9. The van der Waals surface area contributed by atoms with Gasteiger partial charge in [-0.05, 0) is 40.5 Å². The fourth-order valence-corrected chi connectivity index (χ4v) is 2.50. The van der Waals surface area contributed by atoms with E-state index in [9.17, 15) is 14.7 Å². The van der Waals surface area contributed by atoms with E-state index < -0.39 is 29.2 Å². The number of carbonyl (C=O) groups excluding carboxylic acids is 1. The van der Waals surface area contributed by atoms with Gasteiger partial charge in [0.15, 0.2) is 6.10 Å². The maximum absolute atomic E-state index is 12.1. The van der Waals surface area contributed by atoms with Gasteiger partial charge in [0.1, 0.15) is 5.60 Å². The molecule has 2 unspecified atom stereocenters. The number of rotatable bonds is 5. The van der Waals surface area contributed by atoms with Crippen LogP contribution in [-0.4, -0.2) is 54.0 Å². The molecule has 0 aliphatic heterocycles. The van der Waals surface area contributed by atoms with E-state index in [0.29, 0.717) is 0 Å². The van der Waals surface area contributed by atoms with E-state index in [1.54, 1.807) is 27.8 Å². The molecule has 1 aliphatic carbocycles. The standard InChI is InChI=1S/C14H25NO5/c1-9(15(5)12(18)20-13(2,3)4)14(7-8-14)10(19-6)11(16)17/h9-10H,7-8H2,1-6H3,(H,16,17). The number of methoxy groups -OCH3 is 1. The molecule has 0 saturated heterocycles. The lowest BCUT2D eigenvalue weighted by atomic mass is 9.90. The van der Waals surface area contributed by atoms with Crippen molar-refractivity contribution in [1.82, 2.24) is 4.90 Å². The minimum absolute atomic E-state index is 0.265. The Bertz CT molecular complexity index is 384. The molecule has 20 heavy (non-hydrogen) atoms. The van der Waals surface area contributed by atoms with E-state index in [0.717, 1.165) is 12.8 Å². The lowest BCUT2D eigenvalue weighted by Gasteiger charge is -2.35. The van der Waals surface area contributed by atoms with Crippen molar-refractivity contribution in [2.45, 2.75) is 58.3 Å². The van der Waals surface area contributed by atoms with Crippen LogP contribution in [-0.2, 0) is 14.3 Å². The number of ether oxygens (including phenoxy) is 2. The molecule has 0 aromatic rings. The molecule has 2 atom stereocenters. The van der Waals surface area contributed by atoms with Crippen molar-refractivity contribution in [3.63, 3.8) is 0 Å². The Morgan fingerprint density at radius 1 is 1.30 bits per heavy atom. The molecule has 0 spiro atoms. The van der Waals surface area contributed by atoms with Crippen LogP contribution < -0.4 is 0 Å². The topological polar surface area (TPSA) is 76.1 Å². The minimum Gasteiger partial charge on any atom is -0.479 e. The highest BCUT2D eigenvalue weighted by Crippen LogP contribution is 2.54. The molecule has 6 nitrogen and oxygen atoms in total. The van der Waals surface area contributed by atoms with Gasteiger partial charge in [-0.15, -0.1) is 0 Å². The van der Waals surface area contributed by atoms with E-state index in [2.05, 4.69) is 0 Å². The predicted molar refractivity (Wildman–Crippen MR) is 73.6 cm³/mol. The van der Waals surface area contributed by atoms with Gasteiger partial charge in [0.05, 0.1) is 0 Å². The molecule has 1 aliphatic rings. The maximum atomic E-state index is 12.1. The third-order valence-electron chi connectivity index (χ3n) is 3.90. The van der Waals surface area contributed by atoms with E-state index in [-0.39, 0.29) is 6.04 Å². The summed E-state index contributed by atoms with van der Waals surface area (Å²) in [5, 5.41) is 9.24. The van der Waals surface area contributed by atoms with E-state index in [1.165, 1.54) is 12.0 Å². The molecule has 1 fully saturated rings. The smallest absolute Gasteiger partial charge is 0.410 e. The second-order valence-corrected chi connectivity index (χ2v) is 6.45. The molecule has 0 radical (unpaired) electrons. The third-order valence-corrected chi connectivity index (χ3v) is 3.90. The van der Waals surface area contributed by atoms with E-state index >= 15 is 0 Å². The van der Waals surface area contributed by atoms with Crippen molar-refractivity contribution in [2.75, 3.05) is 14.2 Å². The summed E-state index contributed by atoms with van der Waals surface area (Å²) in [6, 6.07) is -0.265. The molecule has 0 bridgehead atoms. The van der Waals surface area contributed by atoms with Gasteiger partial charge in [-0.2, -0.15) is 0 Å². The monoisotopic (exact) mass is 287 g/mol. The zero-order valence-corrected chi connectivity index (χ0v) is 13.1. The Hall–Kier alpha value is -1.30. The summed E-state index contributed by atoms with van der Waals surface area (Å²) >= 11 is 0. The number of carboxylic acid groups (broad SMARTS) is 1. The van der Waals surface area contributed by atoms with Crippen LogP contribution in [0.1, 0.15) is 40.5 Å². The highest BCUT2D eigenvalue weighted by atomic mass is 16.6. The predicted octanol–water partition coefficient (Wildman–Crippen LogP) is 2.12. The Morgan fingerprint density at radius 2 is 1.80 bits per heavy atom. The van der Waals surface area contributed by atoms with Crippen molar-refractivity contribution in [1.29, 1.82) is 0 Å². The average molecular weight is 287 g/mol. The van der Waals surface area contributed by atoms with Crippen LogP contribution in [0.2, 0.25) is 0 Å². The van der Waals surface area contributed by atoms with Crippen molar-refractivity contribution < 1.29 is 24.2 Å². The second-order valence-electron chi connectivity index (χ2n) is 6.45. The molecule has 1 amide bonds. The first-order chi connectivity index (χ1) is 9.05. The van der Waals surface area contributed by atoms with Crippen LogP contribution in [0, 0.1) is 5.41 Å². The summed E-state index contributed by atoms with van der Waals surface area (Å²) in [7, 11) is 3.02. The quantitative estimate of drug-likeness (QED) is 0.838. The number of hydrogen-bond acceptors (Lipinski definition) is 4. The van der Waals surface area contributed by atoms with Gasteiger partial charge in [-0.3, -0.25) is 0 Å². The third kappa shape index (κ3) is 3.42. The molecule has 0 heterocycles. The van der Waals surface area contributed by atoms with Crippen LogP contribution in [0.25, 0.3) is 0 Å². The van der Waals surface area contributed by atoms with Crippen LogP contribution in [0.15, 0.2) is 0 Å². The first-order valence-corrected chi connectivity index (χ1v) is 6.76. The summed E-state index contributed by atoms with van der Waals surface area (Å²) in [6.07, 6.45) is 0.108. The number of amides is 1. The van der Waals surface area contributed by atoms with Crippen LogP contribution in [0.3, 0.4) is 0 Å². The van der Waals surface area contributed by atoms with Gasteiger partial charge in [-0.1, -0.05) is 0 Å². The minimum atomic E-state index is -0.991. The zero-order valence-electron chi connectivity index (χ0n) is 13.1. The largest absolute Gasteiger partial charge is 0.479 e. The lowest BCUT2D eigenvalue weighted by Crippen LogP contribution is -2.49. The Kier molecular flexibility index (Phi) is 4.69. The first-order valence-electron chi connectivity index (χ1n) is 6.76. The van der Waals surface area contributed by atoms with Gasteiger partial charge in [0.25, 0.3) is 0 Å². The SMILES string of the molecule is COC(C(=O)O)C1(C(C)N(C)C(=O)OC(C)(C)C)CC1. The van der Waals surface area contributed by atoms with Gasteiger partial charge in [0.2, 0.25) is 0 Å². The summed E-state index contributed by atoms with van der Waals surface area (Å²) in [4.78, 5) is 24.8. The van der Waals surface area contributed by atoms with E-state index in [1.807, 2.05) is 6.92 Å². The number of carboxylic acids is 1. The lowest BCUT2D eigenvalue weighted by molar-refractivity contribution is -0.155. The maximum Gasteiger partial charge on any atom is 0.410 e. The summed E-state index contributed by atoms with van der Waals surface area (Å²) in [5.41, 5.74) is -1.10. The van der Waals surface area contributed by atoms with Crippen LogP contribution in [0.5, 0.6) is 0 Å². The van der Waals surface area contributed by atoms with Crippen molar-refractivity contribution in [2.24, 2.45) is 5.41 Å². The summed E-state index contributed by atoms with van der Waals surface area (Å²) in [6.45, 7) is 7.23. The van der Waals surface area contributed by atoms with Crippen molar-refractivity contribution in [3.05, 3.63) is 0 Å². The van der Waals surface area contributed by atoms with Gasteiger partial charge < -0.3 is 19.5 Å². The fourth-order valence-electron chi connectivity index (χ4n) is 2.50. The molecule has 116 valence electrons. The average Bonchev–Trinajstić information content (AvgIpc) is 3.06. The summed E-state index contributed by atoms with van der Waals surface area (Å²) in [5.74, 6) is -0.991. The number of nitrogens with zero attached hydrogens (tertiary/aromatic N) is 1. The number of aliphatic carboxylic acids is 1. The zero-order chi connectivity index (χ0) is 15.7. The Morgan fingerprint density at radius 3 is 2.10 bits per heavy atom. The van der Waals surface area contributed by atoms with Gasteiger partial charge in [0, 0.05) is 25.6 Å². The first kappa shape index (κ1) is 16.8. The number of carbonyl (C=O) groups is 2. The molecular formula is C14H25NO5. The second kappa shape index (κ2) is 5.60. The van der Waals surface area contributed by atoms with Crippen LogP contribution >= 0.6 is 0 Å². The molecule has 1 saturated carbocycles. The molecule has 1 rings (SSSR count). The fraction of sp³-hybridized carbons (Fsp3) is 0.857. The molecule has 6 heteroatoms. The molecule has 0 aromatic heterocycles. The van der Waals surface area contributed by atoms with Gasteiger partial charge in [-0.25, -0.2) is 9.59 Å². The molecule has 1 N–H and O–H groups in total. The van der Waals surface area contributed by atoms with Crippen LogP contribution in [0.4, 0.5) is 4.79 Å². The van der Waals surface area contributed by atoms with Gasteiger partial charge >= 0.3 is 12.1 Å². The molecular weight excluding hydrogens is 262 g/mol. The Balaban J connectivity index is 2.81. The molecule has 0 aromatic carbocycles.